The number of nitrogens with one attached hydrogen (secondary N) is 1. The molecule has 2 aromatic rings. The van der Waals surface area contributed by atoms with Crippen molar-refractivity contribution >= 4 is 40.9 Å². The van der Waals surface area contributed by atoms with Crippen molar-refractivity contribution in [2.45, 2.75) is 13.3 Å². The lowest BCUT2D eigenvalue weighted by Crippen LogP contribution is -2.15. The van der Waals surface area contributed by atoms with Crippen LogP contribution in [0.3, 0.4) is 0 Å². The van der Waals surface area contributed by atoms with Gasteiger partial charge in [0.15, 0.2) is 0 Å². The lowest BCUT2D eigenvalue weighted by Gasteiger charge is -2.07. The van der Waals surface area contributed by atoms with Crippen LogP contribution in [0.4, 0.5) is 5.69 Å². The van der Waals surface area contributed by atoms with Gasteiger partial charge >= 0.3 is 0 Å². The van der Waals surface area contributed by atoms with E-state index in [0.29, 0.717) is 34.4 Å². The summed E-state index contributed by atoms with van der Waals surface area (Å²) in [6.45, 7) is 2.42. The van der Waals surface area contributed by atoms with E-state index < -0.39 is 0 Å². The first kappa shape index (κ1) is 15.9. The lowest BCUT2D eigenvalue weighted by atomic mass is 10.1. The van der Waals surface area contributed by atoms with E-state index >= 15 is 0 Å². The average molecular weight is 348 g/mol. The predicted molar refractivity (Wildman–Crippen MR) is 94.4 cm³/mol. The van der Waals surface area contributed by atoms with Gasteiger partial charge in [0, 0.05) is 29.3 Å². The molecule has 0 atom stereocenters. The van der Waals surface area contributed by atoms with Gasteiger partial charge in [0.2, 0.25) is 0 Å². The van der Waals surface area contributed by atoms with Crippen molar-refractivity contribution in [2.75, 3.05) is 11.9 Å². The number of ether oxygens (including phenoxy) is 1. The maximum absolute atomic E-state index is 12.5. The molecule has 1 aliphatic heterocycles. The molecule has 1 amide bonds. The van der Waals surface area contributed by atoms with Gasteiger partial charge in [-0.1, -0.05) is 40.9 Å². The van der Waals surface area contributed by atoms with Gasteiger partial charge in [0.1, 0.15) is 5.75 Å². The molecule has 1 aliphatic rings. The van der Waals surface area contributed by atoms with Gasteiger partial charge < -0.3 is 10.1 Å². The van der Waals surface area contributed by atoms with Gasteiger partial charge in [0.05, 0.1) is 16.7 Å². The van der Waals surface area contributed by atoms with Crippen LogP contribution in [0.2, 0.25) is 10.0 Å². The topological polar surface area (TPSA) is 38.3 Å². The first-order valence-electron chi connectivity index (χ1n) is 7.23. The Labute approximate surface area is 144 Å². The molecular weight excluding hydrogens is 333 g/mol. The van der Waals surface area contributed by atoms with Crippen molar-refractivity contribution in [1.82, 2.24) is 0 Å². The number of rotatable bonds is 2. The van der Waals surface area contributed by atoms with Gasteiger partial charge in [-0.25, -0.2) is 0 Å². The van der Waals surface area contributed by atoms with Crippen LogP contribution in [0.1, 0.15) is 17.5 Å². The highest BCUT2D eigenvalue weighted by Gasteiger charge is 2.17. The zero-order chi connectivity index (χ0) is 16.4. The molecule has 1 N–H and O–H groups in total. The number of aryl methyl sites for hydroxylation is 1. The molecular formula is C18H15Cl2NO2. The number of anilines is 1. The van der Waals surface area contributed by atoms with Crippen LogP contribution in [0.5, 0.6) is 5.75 Å². The Morgan fingerprint density at radius 1 is 1.13 bits per heavy atom. The van der Waals surface area contributed by atoms with Crippen molar-refractivity contribution < 1.29 is 9.53 Å². The molecule has 0 aliphatic carbocycles. The van der Waals surface area contributed by atoms with Crippen molar-refractivity contribution in [3.8, 4) is 5.75 Å². The summed E-state index contributed by atoms with van der Waals surface area (Å²) in [4.78, 5) is 12.5. The van der Waals surface area contributed by atoms with Crippen molar-refractivity contribution in [3.63, 3.8) is 0 Å². The molecule has 118 valence electrons. The highest BCUT2D eigenvalue weighted by Crippen LogP contribution is 2.34. The Kier molecular flexibility index (Phi) is 4.60. The normalized spacial score (nSPS) is 13.4. The Bertz CT molecular complexity index is 782. The zero-order valence-electron chi connectivity index (χ0n) is 12.5. The highest BCUT2D eigenvalue weighted by molar-refractivity contribution is 6.42. The summed E-state index contributed by atoms with van der Waals surface area (Å²) in [6, 6.07) is 11.1. The fraction of sp³-hybridized carbons (Fsp3) is 0.167. The minimum absolute atomic E-state index is 0.142. The number of halogens is 2. The molecule has 2 aromatic carbocycles. The number of benzene rings is 2. The molecule has 1 heterocycles. The monoisotopic (exact) mass is 347 g/mol. The largest absolute Gasteiger partial charge is 0.493 e. The van der Waals surface area contributed by atoms with Crippen LogP contribution in [0.15, 0.2) is 42.0 Å². The number of hydrogen-bond donors (Lipinski definition) is 1. The summed E-state index contributed by atoms with van der Waals surface area (Å²) in [5, 5.41) is 3.77. The van der Waals surface area contributed by atoms with Gasteiger partial charge in [-0.15, -0.1) is 0 Å². The van der Waals surface area contributed by atoms with E-state index in [9.17, 15) is 4.79 Å². The van der Waals surface area contributed by atoms with E-state index in [1.165, 1.54) is 0 Å². The van der Waals surface area contributed by atoms with E-state index in [4.69, 9.17) is 27.9 Å². The summed E-state index contributed by atoms with van der Waals surface area (Å²) in [6.07, 6.45) is 2.32. The van der Waals surface area contributed by atoms with Gasteiger partial charge in [-0.05, 0) is 31.2 Å². The minimum atomic E-state index is -0.142. The SMILES string of the molecule is Cc1ccc(NC(=O)C2=Cc3cc(Cl)c(Cl)cc3OCC2)cc1. The molecule has 0 fully saturated rings. The molecule has 5 heteroatoms. The first-order chi connectivity index (χ1) is 11.0. The fourth-order valence-electron chi connectivity index (χ4n) is 2.34. The molecule has 0 saturated heterocycles. The van der Waals surface area contributed by atoms with Crippen LogP contribution in [-0.2, 0) is 4.79 Å². The third kappa shape index (κ3) is 3.69. The Hall–Kier alpha value is -1.97. The minimum Gasteiger partial charge on any atom is -0.493 e. The maximum atomic E-state index is 12.5. The maximum Gasteiger partial charge on any atom is 0.251 e. The van der Waals surface area contributed by atoms with Gasteiger partial charge in [0.25, 0.3) is 5.91 Å². The van der Waals surface area contributed by atoms with E-state index in [-0.39, 0.29) is 5.91 Å². The molecule has 0 saturated carbocycles. The summed E-state index contributed by atoms with van der Waals surface area (Å²) in [7, 11) is 0. The Morgan fingerprint density at radius 2 is 1.83 bits per heavy atom. The van der Waals surface area contributed by atoms with Crippen LogP contribution in [-0.4, -0.2) is 12.5 Å². The van der Waals surface area contributed by atoms with E-state index in [2.05, 4.69) is 5.32 Å². The molecule has 3 nitrogen and oxygen atoms in total. The second-order valence-corrected chi connectivity index (χ2v) is 6.21. The quantitative estimate of drug-likeness (QED) is 0.819. The third-order valence-electron chi connectivity index (χ3n) is 3.61. The smallest absolute Gasteiger partial charge is 0.251 e. The standard InChI is InChI=1S/C18H15Cl2NO2/c1-11-2-4-14(5-3-11)21-18(22)12-6-7-23-17-10-16(20)15(19)9-13(17)8-12/h2-5,8-10H,6-7H2,1H3,(H,21,22). The van der Waals surface area contributed by atoms with Crippen LogP contribution >= 0.6 is 23.2 Å². The van der Waals surface area contributed by atoms with Gasteiger partial charge in [-0.3, -0.25) is 4.79 Å². The number of hydrogen-bond acceptors (Lipinski definition) is 2. The van der Waals surface area contributed by atoms with Crippen LogP contribution in [0, 0.1) is 6.92 Å². The van der Waals surface area contributed by atoms with E-state index in [1.807, 2.05) is 31.2 Å². The molecule has 0 bridgehead atoms. The first-order valence-corrected chi connectivity index (χ1v) is 7.99. The number of amides is 1. The molecule has 23 heavy (non-hydrogen) atoms. The highest BCUT2D eigenvalue weighted by atomic mass is 35.5. The number of fused-ring (bicyclic) bond motifs is 1. The average Bonchev–Trinajstić information content (AvgIpc) is 2.72. The van der Waals surface area contributed by atoms with Crippen molar-refractivity contribution in [2.24, 2.45) is 0 Å². The van der Waals surface area contributed by atoms with Crippen molar-refractivity contribution in [3.05, 3.63) is 63.1 Å². The lowest BCUT2D eigenvalue weighted by molar-refractivity contribution is -0.113. The summed E-state index contributed by atoms with van der Waals surface area (Å²) >= 11 is 12.1. The summed E-state index contributed by atoms with van der Waals surface area (Å²) < 4.78 is 5.66. The van der Waals surface area contributed by atoms with Crippen molar-refractivity contribution in [1.29, 1.82) is 0 Å². The number of carbonyl (C=O) groups excluding carboxylic acids is 1. The molecule has 0 unspecified atom stereocenters. The van der Waals surface area contributed by atoms with Gasteiger partial charge in [-0.2, -0.15) is 0 Å². The second kappa shape index (κ2) is 6.65. The van der Waals surface area contributed by atoms with Crippen LogP contribution < -0.4 is 10.1 Å². The predicted octanol–water partition coefficient (Wildman–Crippen LogP) is 5.11. The summed E-state index contributed by atoms with van der Waals surface area (Å²) in [5.74, 6) is 0.494. The molecule has 0 radical (unpaired) electrons. The molecule has 0 aromatic heterocycles. The third-order valence-corrected chi connectivity index (χ3v) is 4.33. The Morgan fingerprint density at radius 3 is 2.57 bits per heavy atom. The van der Waals surface area contributed by atoms with E-state index in [0.717, 1.165) is 16.8 Å². The summed E-state index contributed by atoms with van der Waals surface area (Å²) in [5.41, 5.74) is 3.31. The molecule has 3 rings (SSSR count). The van der Waals surface area contributed by atoms with Crippen LogP contribution in [0.25, 0.3) is 6.08 Å². The molecule has 0 spiro atoms. The Balaban J connectivity index is 1.86. The van der Waals surface area contributed by atoms with E-state index in [1.54, 1.807) is 18.2 Å². The number of carbonyl (C=O) groups is 1. The zero-order valence-corrected chi connectivity index (χ0v) is 14.0. The fourth-order valence-corrected chi connectivity index (χ4v) is 2.67. The second-order valence-electron chi connectivity index (χ2n) is 5.39.